The minimum Gasteiger partial charge on any atom is -0.487 e. The summed E-state index contributed by atoms with van der Waals surface area (Å²) >= 11 is 5.87. The molecule has 1 aromatic carbocycles. The van der Waals surface area contributed by atoms with E-state index in [2.05, 4.69) is 4.98 Å². The topological polar surface area (TPSA) is 83.3 Å². The fourth-order valence-electron chi connectivity index (χ4n) is 2.63. The van der Waals surface area contributed by atoms with Gasteiger partial charge in [-0.1, -0.05) is 11.6 Å². The highest BCUT2D eigenvalue weighted by Gasteiger charge is 2.34. The Balaban J connectivity index is 1.74. The first-order valence-corrected chi connectivity index (χ1v) is 9.51. The van der Waals surface area contributed by atoms with Crippen LogP contribution < -0.4 is 4.74 Å². The van der Waals surface area contributed by atoms with Crippen molar-refractivity contribution in [2.24, 2.45) is 0 Å². The van der Waals surface area contributed by atoms with Crippen LogP contribution in [-0.2, 0) is 10.0 Å². The summed E-state index contributed by atoms with van der Waals surface area (Å²) in [6, 6.07) is 9.70. The van der Waals surface area contributed by atoms with E-state index in [9.17, 15) is 8.42 Å². The molecule has 0 unspecified atom stereocenters. The molecule has 0 spiro atoms. The third-order valence-corrected chi connectivity index (χ3v) is 6.18. The molecule has 1 fully saturated rings. The second-order valence-electron chi connectivity index (χ2n) is 5.78. The van der Waals surface area contributed by atoms with Gasteiger partial charge in [0.15, 0.2) is 0 Å². The van der Waals surface area contributed by atoms with E-state index in [1.165, 1.54) is 22.5 Å². The number of nitrogens with zero attached hydrogens (tertiary/aromatic N) is 3. The van der Waals surface area contributed by atoms with Gasteiger partial charge in [0.25, 0.3) is 0 Å². The van der Waals surface area contributed by atoms with Gasteiger partial charge >= 0.3 is 0 Å². The molecule has 25 heavy (non-hydrogen) atoms. The molecule has 1 aromatic heterocycles. The van der Waals surface area contributed by atoms with Crippen molar-refractivity contribution in [2.75, 3.05) is 13.1 Å². The Hall–Kier alpha value is -2.14. The Labute approximate surface area is 151 Å². The maximum Gasteiger partial charge on any atom is 0.243 e. The first-order valence-electron chi connectivity index (χ1n) is 7.69. The lowest BCUT2D eigenvalue weighted by Crippen LogP contribution is -2.31. The van der Waals surface area contributed by atoms with Gasteiger partial charge in [0, 0.05) is 12.2 Å². The highest BCUT2D eigenvalue weighted by Crippen LogP contribution is 2.26. The monoisotopic (exact) mass is 377 g/mol. The third-order valence-electron chi connectivity index (χ3n) is 3.99. The average molecular weight is 378 g/mol. The largest absolute Gasteiger partial charge is 0.487 e. The van der Waals surface area contributed by atoms with Crippen molar-refractivity contribution >= 4 is 21.6 Å². The van der Waals surface area contributed by atoms with Crippen LogP contribution in [-0.4, -0.2) is 36.9 Å². The van der Waals surface area contributed by atoms with Gasteiger partial charge in [-0.3, -0.25) is 4.98 Å². The number of benzene rings is 1. The molecule has 1 aliphatic rings. The molecule has 0 radical (unpaired) electrons. The van der Waals surface area contributed by atoms with Crippen LogP contribution >= 0.6 is 11.6 Å². The number of pyridine rings is 1. The fraction of sp³-hybridized carbons (Fsp3) is 0.294. The molecule has 0 bridgehead atoms. The molecule has 2 heterocycles. The predicted octanol–water partition coefficient (Wildman–Crippen LogP) is 2.76. The van der Waals surface area contributed by atoms with E-state index in [1.54, 1.807) is 6.20 Å². The van der Waals surface area contributed by atoms with E-state index < -0.39 is 10.0 Å². The highest BCUT2D eigenvalue weighted by molar-refractivity contribution is 7.89. The standard InChI is InChI=1S/C17H16ClN3O3S/c1-12-2-3-14(10-20-12)24-15-6-7-21(11-15)25(22,23)16-4-5-17(18)13(8-16)9-19/h2-5,8,10,15H,6-7,11H2,1H3/t15-/m1/s1. The second kappa shape index (κ2) is 7.00. The van der Waals surface area contributed by atoms with Crippen molar-refractivity contribution in [3.63, 3.8) is 0 Å². The minimum absolute atomic E-state index is 0.0612. The Kier molecular flexibility index (Phi) is 4.95. The van der Waals surface area contributed by atoms with Crippen LogP contribution in [0.1, 0.15) is 17.7 Å². The van der Waals surface area contributed by atoms with E-state index >= 15 is 0 Å². The van der Waals surface area contributed by atoms with Gasteiger partial charge in [0.1, 0.15) is 17.9 Å². The molecule has 130 valence electrons. The maximum atomic E-state index is 12.8. The molecule has 3 rings (SSSR count). The normalized spacial score (nSPS) is 18.0. The zero-order valence-corrected chi connectivity index (χ0v) is 15.1. The van der Waals surface area contributed by atoms with Gasteiger partial charge in [-0.25, -0.2) is 8.42 Å². The number of sulfonamides is 1. The molecule has 0 amide bonds. The van der Waals surface area contributed by atoms with Crippen molar-refractivity contribution < 1.29 is 13.2 Å². The predicted molar refractivity (Wildman–Crippen MR) is 92.9 cm³/mol. The van der Waals surface area contributed by atoms with Crippen molar-refractivity contribution in [3.05, 3.63) is 52.8 Å². The zero-order valence-electron chi connectivity index (χ0n) is 13.5. The zero-order chi connectivity index (χ0) is 18.0. The number of aryl methyl sites for hydroxylation is 1. The fourth-order valence-corrected chi connectivity index (χ4v) is 4.30. The summed E-state index contributed by atoms with van der Waals surface area (Å²) in [7, 11) is -3.69. The van der Waals surface area contributed by atoms with Crippen molar-refractivity contribution in [2.45, 2.75) is 24.3 Å². The molecule has 1 aliphatic heterocycles. The van der Waals surface area contributed by atoms with Gasteiger partial charge in [-0.2, -0.15) is 9.57 Å². The Bertz CT molecular complexity index is 923. The van der Waals surface area contributed by atoms with E-state index in [4.69, 9.17) is 21.6 Å². The van der Waals surface area contributed by atoms with Crippen LogP contribution in [0.3, 0.4) is 0 Å². The second-order valence-corrected chi connectivity index (χ2v) is 8.13. The molecular formula is C17H16ClN3O3S. The van der Waals surface area contributed by atoms with Crippen LogP contribution in [0.5, 0.6) is 5.75 Å². The summed E-state index contributed by atoms with van der Waals surface area (Å²) < 4.78 is 32.7. The first-order chi connectivity index (χ1) is 11.9. The van der Waals surface area contributed by atoms with Gasteiger partial charge < -0.3 is 4.74 Å². The molecule has 0 N–H and O–H groups in total. The summed E-state index contributed by atoms with van der Waals surface area (Å²) in [5.41, 5.74) is 1.03. The Morgan fingerprint density at radius 1 is 1.36 bits per heavy atom. The Morgan fingerprint density at radius 2 is 2.16 bits per heavy atom. The lowest BCUT2D eigenvalue weighted by atomic mass is 10.2. The average Bonchev–Trinajstić information content (AvgIpc) is 3.06. The van der Waals surface area contributed by atoms with Gasteiger partial charge in [0.05, 0.1) is 28.2 Å². The van der Waals surface area contributed by atoms with Crippen molar-refractivity contribution in [1.29, 1.82) is 5.26 Å². The van der Waals surface area contributed by atoms with Gasteiger partial charge in [-0.05, 0) is 43.7 Å². The molecule has 1 saturated heterocycles. The summed E-state index contributed by atoms with van der Waals surface area (Å²) in [6.45, 7) is 2.49. The van der Waals surface area contributed by atoms with E-state index in [-0.39, 0.29) is 28.1 Å². The number of aromatic nitrogens is 1. The lowest BCUT2D eigenvalue weighted by Gasteiger charge is -2.17. The van der Waals surface area contributed by atoms with Crippen LogP contribution in [0.4, 0.5) is 0 Å². The molecule has 0 saturated carbocycles. The SMILES string of the molecule is Cc1ccc(O[C@@H]2CCN(S(=O)(=O)c3ccc(Cl)c(C#N)c3)C2)cn1. The number of nitriles is 1. The Morgan fingerprint density at radius 3 is 2.84 bits per heavy atom. The lowest BCUT2D eigenvalue weighted by molar-refractivity contribution is 0.214. The third kappa shape index (κ3) is 3.76. The van der Waals surface area contributed by atoms with Crippen LogP contribution in [0.25, 0.3) is 0 Å². The summed E-state index contributed by atoms with van der Waals surface area (Å²) in [6.07, 6.45) is 1.98. The van der Waals surface area contributed by atoms with Gasteiger partial charge in [0.2, 0.25) is 10.0 Å². The number of halogens is 1. The number of ether oxygens (including phenoxy) is 1. The molecule has 2 aromatic rings. The van der Waals surface area contributed by atoms with Crippen LogP contribution in [0.2, 0.25) is 5.02 Å². The minimum atomic E-state index is -3.69. The van der Waals surface area contributed by atoms with E-state index in [1.807, 2.05) is 25.1 Å². The van der Waals surface area contributed by atoms with Crippen LogP contribution in [0, 0.1) is 18.3 Å². The van der Waals surface area contributed by atoms with E-state index in [0.29, 0.717) is 18.7 Å². The molecule has 8 heteroatoms. The number of hydrogen-bond donors (Lipinski definition) is 0. The molecule has 0 aliphatic carbocycles. The molecule has 1 atom stereocenters. The summed E-state index contributed by atoms with van der Waals surface area (Å²) in [5, 5.41) is 9.26. The number of hydrogen-bond acceptors (Lipinski definition) is 5. The number of rotatable bonds is 4. The molecular weight excluding hydrogens is 362 g/mol. The quantitative estimate of drug-likeness (QED) is 0.818. The van der Waals surface area contributed by atoms with Crippen molar-refractivity contribution in [3.8, 4) is 11.8 Å². The molecule has 6 nitrogen and oxygen atoms in total. The highest BCUT2D eigenvalue weighted by atomic mass is 35.5. The smallest absolute Gasteiger partial charge is 0.243 e. The maximum absolute atomic E-state index is 12.8. The van der Waals surface area contributed by atoms with Crippen LogP contribution in [0.15, 0.2) is 41.4 Å². The van der Waals surface area contributed by atoms with Crippen molar-refractivity contribution in [1.82, 2.24) is 9.29 Å². The summed E-state index contributed by atoms with van der Waals surface area (Å²) in [5.74, 6) is 0.619. The van der Waals surface area contributed by atoms with E-state index in [0.717, 1.165) is 5.69 Å². The first kappa shape index (κ1) is 17.7. The summed E-state index contributed by atoms with van der Waals surface area (Å²) in [4.78, 5) is 4.23. The van der Waals surface area contributed by atoms with Gasteiger partial charge in [-0.15, -0.1) is 0 Å².